The second-order valence-corrected chi connectivity index (χ2v) is 8.77. The van der Waals surface area contributed by atoms with Gasteiger partial charge in [-0.15, -0.1) is 0 Å². The third kappa shape index (κ3) is 5.35. The number of nitriles is 1. The molecule has 0 unspecified atom stereocenters. The molecule has 0 aliphatic carbocycles. The third-order valence-electron chi connectivity index (χ3n) is 6.01. The van der Waals surface area contributed by atoms with Crippen LogP contribution in [-0.4, -0.2) is 62.9 Å². The van der Waals surface area contributed by atoms with Gasteiger partial charge in [-0.3, -0.25) is 0 Å². The fraction of sp³-hybridized carbons (Fsp3) is 0.375. The van der Waals surface area contributed by atoms with Crippen LogP contribution in [-0.2, 0) is 13.5 Å². The number of aryl methyl sites for hydroxylation is 2. The van der Waals surface area contributed by atoms with Gasteiger partial charge in [0, 0.05) is 36.0 Å². The number of carbonyl (C=O) groups excluding carboxylic acids is 1. The Kier molecular flexibility index (Phi) is 7.40. The molecule has 34 heavy (non-hydrogen) atoms. The molecule has 0 bridgehead atoms. The Morgan fingerprint density at radius 2 is 2.15 bits per heavy atom. The normalized spacial score (nSPS) is 14.1. The Morgan fingerprint density at radius 1 is 1.35 bits per heavy atom. The fourth-order valence-electron chi connectivity index (χ4n) is 4.14. The predicted octanol–water partition coefficient (Wildman–Crippen LogP) is 3.56. The smallest absolute Gasteiger partial charge is 0.335 e. The molecule has 1 aliphatic heterocycles. The highest BCUT2D eigenvalue weighted by Gasteiger charge is 2.16. The zero-order chi connectivity index (χ0) is 24.1. The number of fused-ring (bicyclic) bond motifs is 1. The average molecular weight is 479 g/mol. The SMILES string of the molecule is Cn1cncc1-c1cc(/C=N/N(CCN2CCCC2)C(N)=O)c2cc(CCC#N)c(Cl)cc2n1. The van der Waals surface area contributed by atoms with Crippen molar-refractivity contribution in [1.82, 2.24) is 24.4 Å². The van der Waals surface area contributed by atoms with Crippen molar-refractivity contribution in [2.45, 2.75) is 25.7 Å². The van der Waals surface area contributed by atoms with E-state index in [1.54, 1.807) is 24.8 Å². The summed E-state index contributed by atoms with van der Waals surface area (Å²) in [5, 5.41) is 16.1. The van der Waals surface area contributed by atoms with E-state index in [9.17, 15) is 4.79 Å². The van der Waals surface area contributed by atoms with Crippen LogP contribution in [0.3, 0.4) is 0 Å². The number of imidazole rings is 1. The standard InChI is InChI=1S/C24H27ClN8O/c1-31-16-28-15-23(31)22-12-18(14-29-33(24(27)34)10-9-32-7-2-3-8-32)19-11-17(5-4-6-26)20(25)13-21(19)30-22/h11-16H,2-5,7-10H2,1H3,(H2,27,34)/b29-14+. The van der Waals surface area contributed by atoms with Gasteiger partial charge >= 0.3 is 6.03 Å². The Bertz CT molecular complexity index is 1260. The van der Waals surface area contributed by atoms with Crippen LogP contribution < -0.4 is 5.73 Å². The first-order chi connectivity index (χ1) is 16.5. The second kappa shape index (κ2) is 10.6. The maximum atomic E-state index is 12.0. The lowest BCUT2D eigenvalue weighted by Gasteiger charge is -2.19. The fourth-order valence-corrected chi connectivity index (χ4v) is 4.39. The van der Waals surface area contributed by atoms with Crippen LogP contribution >= 0.6 is 11.6 Å². The van der Waals surface area contributed by atoms with Crippen molar-refractivity contribution >= 4 is 34.7 Å². The molecule has 0 radical (unpaired) electrons. The van der Waals surface area contributed by atoms with Gasteiger partial charge in [0.15, 0.2) is 0 Å². The Morgan fingerprint density at radius 3 is 2.82 bits per heavy atom. The molecular weight excluding hydrogens is 452 g/mol. The molecule has 4 rings (SSSR count). The van der Waals surface area contributed by atoms with Crippen LogP contribution in [0.25, 0.3) is 22.3 Å². The van der Waals surface area contributed by atoms with Crippen molar-refractivity contribution in [3.8, 4) is 17.5 Å². The van der Waals surface area contributed by atoms with Gasteiger partial charge in [0.25, 0.3) is 0 Å². The van der Waals surface area contributed by atoms with Crippen molar-refractivity contribution in [1.29, 1.82) is 5.26 Å². The van der Waals surface area contributed by atoms with E-state index in [1.807, 2.05) is 23.7 Å². The van der Waals surface area contributed by atoms with E-state index in [1.165, 1.54) is 17.9 Å². The second-order valence-electron chi connectivity index (χ2n) is 8.36. The van der Waals surface area contributed by atoms with Gasteiger partial charge < -0.3 is 15.2 Å². The summed E-state index contributed by atoms with van der Waals surface area (Å²) in [4.78, 5) is 23.3. The number of hydrogen-bond acceptors (Lipinski definition) is 6. The summed E-state index contributed by atoms with van der Waals surface area (Å²) in [5.41, 5.74) is 9.47. The van der Waals surface area contributed by atoms with Crippen LogP contribution in [0.15, 0.2) is 35.8 Å². The number of nitrogens with two attached hydrogens (primary N) is 1. The molecule has 3 aromatic rings. The van der Waals surface area contributed by atoms with Crippen molar-refractivity contribution in [2.24, 2.45) is 17.9 Å². The number of hydrogen-bond donors (Lipinski definition) is 1. The molecule has 176 valence electrons. The number of hydrazone groups is 1. The van der Waals surface area contributed by atoms with E-state index in [-0.39, 0.29) is 0 Å². The van der Waals surface area contributed by atoms with E-state index in [2.05, 4.69) is 21.1 Å². The molecule has 1 aliphatic rings. The van der Waals surface area contributed by atoms with Gasteiger partial charge in [-0.2, -0.15) is 10.4 Å². The van der Waals surface area contributed by atoms with E-state index in [0.717, 1.165) is 41.8 Å². The highest BCUT2D eigenvalue weighted by Crippen LogP contribution is 2.29. The lowest BCUT2D eigenvalue weighted by Crippen LogP contribution is -2.37. The van der Waals surface area contributed by atoms with Gasteiger partial charge in [-0.05, 0) is 56.1 Å². The Hall–Kier alpha value is -3.48. The number of likely N-dealkylation sites (tertiary alicyclic amines) is 1. The first-order valence-corrected chi connectivity index (χ1v) is 11.6. The summed E-state index contributed by atoms with van der Waals surface area (Å²) in [7, 11) is 1.90. The van der Waals surface area contributed by atoms with Crippen molar-refractivity contribution in [3.63, 3.8) is 0 Å². The highest BCUT2D eigenvalue weighted by molar-refractivity contribution is 6.32. The minimum absolute atomic E-state index is 0.362. The minimum atomic E-state index is -0.599. The van der Waals surface area contributed by atoms with Gasteiger partial charge in [0.2, 0.25) is 0 Å². The highest BCUT2D eigenvalue weighted by atomic mass is 35.5. The number of pyridine rings is 1. The number of halogens is 1. The van der Waals surface area contributed by atoms with Crippen LogP contribution in [0.2, 0.25) is 5.02 Å². The van der Waals surface area contributed by atoms with Gasteiger partial charge in [0.05, 0.1) is 48.3 Å². The number of aromatic nitrogens is 3. The van der Waals surface area contributed by atoms with Gasteiger partial charge in [-0.25, -0.2) is 19.8 Å². The van der Waals surface area contributed by atoms with E-state index < -0.39 is 6.03 Å². The topological polar surface area (TPSA) is 116 Å². The molecule has 2 aromatic heterocycles. The third-order valence-corrected chi connectivity index (χ3v) is 6.36. The maximum Gasteiger partial charge on any atom is 0.335 e. The molecule has 2 N–H and O–H groups in total. The number of benzene rings is 1. The largest absolute Gasteiger partial charge is 0.350 e. The molecule has 1 aromatic carbocycles. The molecule has 0 atom stereocenters. The summed E-state index contributed by atoms with van der Waals surface area (Å²) in [6.07, 6.45) is 8.34. The number of nitrogens with zero attached hydrogens (tertiary/aromatic N) is 7. The molecule has 1 saturated heterocycles. The lowest BCUT2D eigenvalue weighted by molar-refractivity contribution is 0.200. The summed E-state index contributed by atoms with van der Waals surface area (Å²) < 4.78 is 1.88. The van der Waals surface area contributed by atoms with E-state index >= 15 is 0 Å². The van der Waals surface area contributed by atoms with Crippen molar-refractivity contribution in [3.05, 3.63) is 46.9 Å². The first-order valence-electron chi connectivity index (χ1n) is 11.3. The number of amides is 2. The van der Waals surface area contributed by atoms with Gasteiger partial charge in [-0.1, -0.05) is 11.6 Å². The molecule has 0 spiro atoms. The van der Waals surface area contributed by atoms with Gasteiger partial charge in [0.1, 0.15) is 0 Å². The Balaban J connectivity index is 1.73. The molecule has 0 saturated carbocycles. The summed E-state index contributed by atoms with van der Waals surface area (Å²) in [5.74, 6) is 0. The number of rotatable bonds is 8. The summed E-state index contributed by atoms with van der Waals surface area (Å²) in [6, 6.07) is 7.21. The monoisotopic (exact) mass is 478 g/mol. The lowest BCUT2D eigenvalue weighted by atomic mass is 10.0. The van der Waals surface area contributed by atoms with Crippen molar-refractivity contribution < 1.29 is 4.79 Å². The number of urea groups is 1. The minimum Gasteiger partial charge on any atom is -0.350 e. The van der Waals surface area contributed by atoms with Crippen molar-refractivity contribution in [2.75, 3.05) is 26.2 Å². The molecule has 2 amide bonds. The zero-order valence-electron chi connectivity index (χ0n) is 19.1. The summed E-state index contributed by atoms with van der Waals surface area (Å²) in [6.45, 7) is 3.21. The quantitative estimate of drug-likeness (QED) is 0.392. The van der Waals surface area contributed by atoms with Crippen LogP contribution in [0, 0.1) is 11.3 Å². The first kappa shape index (κ1) is 23.7. The molecule has 9 nitrogen and oxygen atoms in total. The molecule has 1 fully saturated rings. The molecular formula is C24H27ClN8O. The van der Waals surface area contributed by atoms with E-state index in [4.69, 9.17) is 27.6 Å². The summed E-state index contributed by atoms with van der Waals surface area (Å²) >= 11 is 6.50. The van der Waals surface area contributed by atoms with Crippen LogP contribution in [0.4, 0.5) is 4.79 Å². The predicted molar refractivity (Wildman–Crippen MR) is 132 cm³/mol. The maximum absolute atomic E-state index is 12.0. The average Bonchev–Trinajstić information content (AvgIpc) is 3.49. The zero-order valence-corrected chi connectivity index (χ0v) is 19.9. The Labute approximate surface area is 203 Å². The number of primary amides is 1. The van der Waals surface area contributed by atoms with Crippen LogP contribution in [0.5, 0.6) is 0 Å². The van der Waals surface area contributed by atoms with Crippen LogP contribution in [0.1, 0.15) is 30.4 Å². The molecule has 10 heteroatoms. The van der Waals surface area contributed by atoms with E-state index in [0.29, 0.717) is 35.6 Å². The molecule has 3 heterocycles. The number of carbonyl (C=O) groups is 1.